The average molecular weight is 430 g/mol. The van der Waals surface area contributed by atoms with Crippen molar-refractivity contribution in [3.8, 4) is 0 Å². The van der Waals surface area contributed by atoms with Gasteiger partial charge in [0, 0.05) is 41.8 Å². The summed E-state index contributed by atoms with van der Waals surface area (Å²) in [4.78, 5) is 30.4. The molecule has 2 aromatic carbocycles. The number of hydrogen-bond donors (Lipinski definition) is 2. The fourth-order valence-electron chi connectivity index (χ4n) is 3.33. The van der Waals surface area contributed by atoms with Crippen LogP contribution in [0.5, 0.6) is 0 Å². The van der Waals surface area contributed by atoms with E-state index in [1.807, 2.05) is 6.07 Å². The number of amides is 2. The zero-order valence-corrected chi connectivity index (χ0v) is 16.4. The summed E-state index contributed by atoms with van der Waals surface area (Å²) < 4.78 is 18.4. The molecule has 0 saturated carbocycles. The second-order valence-corrected chi connectivity index (χ2v) is 7.33. The minimum atomic E-state index is -2.28. The molecule has 30 heavy (non-hydrogen) atoms. The van der Waals surface area contributed by atoms with Crippen molar-refractivity contribution >= 4 is 40.2 Å². The second-order valence-electron chi connectivity index (χ2n) is 6.89. The quantitative estimate of drug-likeness (QED) is 0.620. The molecular formula is C21H17ClFN3O4. The highest BCUT2D eigenvalue weighted by Crippen LogP contribution is 2.31. The van der Waals surface area contributed by atoms with Crippen LogP contribution in [0.4, 0.5) is 14.9 Å². The van der Waals surface area contributed by atoms with E-state index in [9.17, 15) is 19.1 Å². The SMILES string of the molecule is O=C(NCc1cc(F)cc(Cl)c1)O[C@@]1(O)CCN(c2ccc3ncccc3c2)C1=O. The normalized spacial score (nSPS) is 18.6. The number of alkyl carbamates (subject to hydrolysis) is 1. The van der Waals surface area contributed by atoms with Crippen molar-refractivity contribution in [1.29, 1.82) is 0 Å². The van der Waals surface area contributed by atoms with Gasteiger partial charge in [0.05, 0.1) is 5.52 Å². The van der Waals surface area contributed by atoms with E-state index in [1.165, 1.54) is 17.0 Å². The number of halogens is 2. The van der Waals surface area contributed by atoms with Crippen LogP contribution in [-0.4, -0.2) is 34.4 Å². The van der Waals surface area contributed by atoms with Gasteiger partial charge >= 0.3 is 6.09 Å². The lowest BCUT2D eigenvalue weighted by Gasteiger charge is -2.22. The van der Waals surface area contributed by atoms with Gasteiger partial charge in [-0.25, -0.2) is 9.18 Å². The number of hydrogen-bond acceptors (Lipinski definition) is 5. The maximum Gasteiger partial charge on any atom is 0.410 e. The van der Waals surface area contributed by atoms with E-state index in [0.29, 0.717) is 11.3 Å². The number of ether oxygens (including phenoxy) is 1. The molecule has 1 aliphatic rings. The highest BCUT2D eigenvalue weighted by molar-refractivity contribution is 6.30. The standard InChI is InChI=1S/C21H17ClFN3O4/c22-15-8-13(9-16(23)11-15)12-25-20(28)30-21(29)5-7-26(19(21)27)17-3-4-18-14(10-17)2-1-6-24-18/h1-4,6,8-11,29H,5,7,12H2,(H,25,28)/t21-/m0/s1. The Bertz CT molecular complexity index is 1120. The number of carbonyl (C=O) groups is 2. The van der Waals surface area contributed by atoms with E-state index in [2.05, 4.69) is 10.3 Å². The molecule has 1 saturated heterocycles. The summed E-state index contributed by atoms with van der Waals surface area (Å²) in [5.41, 5.74) is 1.75. The fourth-order valence-corrected chi connectivity index (χ4v) is 3.58. The first-order valence-electron chi connectivity index (χ1n) is 9.15. The Balaban J connectivity index is 1.42. The predicted molar refractivity (Wildman–Crippen MR) is 108 cm³/mol. The Labute approximate surface area is 176 Å². The van der Waals surface area contributed by atoms with Crippen LogP contribution in [0.2, 0.25) is 5.02 Å². The van der Waals surface area contributed by atoms with Gasteiger partial charge in [-0.05, 0) is 48.0 Å². The van der Waals surface area contributed by atoms with Gasteiger partial charge in [0.15, 0.2) is 0 Å². The Morgan fingerprint density at radius 1 is 1.30 bits per heavy atom. The summed E-state index contributed by atoms with van der Waals surface area (Å²) in [5, 5.41) is 14.0. The summed E-state index contributed by atoms with van der Waals surface area (Å²) in [6, 6.07) is 12.7. The molecule has 1 atom stereocenters. The van der Waals surface area contributed by atoms with Crippen molar-refractivity contribution in [2.45, 2.75) is 18.8 Å². The molecule has 1 fully saturated rings. The first-order chi connectivity index (χ1) is 14.3. The molecule has 1 aromatic heterocycles. The Kier molecular flexibility index (Phi) is 5.27. The molecule has 2 amide bonds. The molecule has 7 nitrogen and oxygen atoms in total. The molecule has 0 bridgehead atoms. The Hall–Kier alpha value is -3.23. The molecular weight excluding hydrogens is 413 g/mol. The zero-order valence-electron chi connectivity index (χ0n) is 15.6. The van der Waals surface area contributed by atoms with E-state index in [1.54, 1.807) is 30.5 Å². The molecule has 154 valence electrons. The van der Waals surface area contributed by atoms with E-state index in [0.717, 1.165) is 17.0 Å². The summed E-state index contributed by atoms with van der Waals surface area (Å²) in [6.45, 7) is 0.0931. The first-order valence-corrected chi connectivity index (χ1v) is 9.53. The molecule has 2 N–H and O–H groups in total. The lowest BCUT2D eigenvalue weighted by molar-refractivity contribution is -0.175. The fraction of sp³-hybridized carbons (Fsp3) is 0.190. The maximum atomic E-state index is 13.4. The van der Waals surface area contributed by atoms with E-state index >= 15 is 0 Å². The summed E-state index contributed by atoms with van der Waals surface area (Å²) in [5.74, 6) is -3.57. The minimum absolute atomic E-state index is 0.0814. The zero-order chi connectivity index (χ0) is 21.3. The topological polar surface area (TPSA) is 91.8 Å². The number of aromatic nitrogens is 1. The van der Waals surface area contributed by atoms with Crippen LogP contribution in [0.15, 0.2) is 54.7 Å². The van der Waals surface area contributed by atoms with Gasteiger partial charge in [0.1, 0.15) is 5.82 Å². The number of carbonyl (C=O) groups excluding carboxylic acids is 2. The number of nitrogens with one attached hydrogen (secondary N) is 1. The number of anilines is 1. The largest absolute Gasteiger partial charge is 0.410 e. The van der Waals surface area contributed by atoms with Crippen molar-refractivity contribution in [2.24, 2.45) is 0 Å². The Morgan fingerprint density at radius 3 is 2.93 bits per heavy atom. The first kappa shape index (κ1) is 20.1. The van der Waals surface area contributed by atoms with Gasteiger partial charge in [-0.3, -0.25) is 9.78 Å². The van der Waals surface area contributed by atoms with Gasteiger partial charge in [0.2, 0.25) is 0 Å². The number of nitrogens with zero attached hydrogens (tertiary/aromatic N) is 2. The number of rotatable bonds is 4. The lowest BCUT2D eigenvalue weighted by atomic mass is 10.2. The molecule has 0 radical (unpaired) electrons. The molecule has 2 heterocycles. The summed E-state index contributed by atoms with van der Waals surface area (Å²) in [7, 11) is 0. The number of pyridine rings is 1. The van der Waals surface area contributed by atoms with Crippen molar-refractivity contribution in [2.75, 3.05) is 11.4 Å². The van der Waals surface area contributed by atoms with Crippen LogP contribution in [0.1, 0.15) is 12.0 Å². The number of benzene rings is 2. The lowest BCUT2D eigenvalue weighted by Crippen LogP contribution is -2.46. The van der Waals surface area contributed by atoms with Crippen molar-refractivity contribution in [3.05, 3.63) is 71.1 Å². The van der Waals surface area contributed by atoms with Gasteiger partial charge in [-0.1, -0.05) is 17.7 Å². The number of fused-ring (bicyclic) bond motifs is 1. The van der Waals surface area contributed by atoms with Crippen LogP contribution >= 0.6 is 11.6 Å². The molecule has 0 aliphatic carbocycles. The van der Waals surface area contributed by atoms with Crippen molar-refractivity contribution in [3.63, 3.8) is 0 Å². The van der Waals surface area contributed by atoms with E-state index in [-0.39, 0.29) is 24.5 Å². The molecule has 9 heteroatoms. The summed E-state index contributed by atoms with van der Waals surface area (Å²) >= 11 is 5.78. The van der Waals surface area contributed by atoms with Crippen LogP contribution in [-0.2, 0) is 16.1 Å². The molecule has 0 spiro atoms. The summed E-state index contributed by atoms with van der Waals surface area (Å²) in [6.07, 6.45) is 0.582. The number of aliphatic hydroxyl groups is 1. The van der Waals surface area contributed by atoms with Crippen LogP contribution < -0.4 is 10.2 Å². The van der Waals surface area contributed by atoms with E-state index in [4.69, 9.17) is 16.3 Å². The molecule has 4 rings (SSSR count). The van der Waals surface area contributed by atoms with Gasteiger partial charge in [0.25, 0.3) is 11.7 Å². The predicted octanol–water partition coefficient (Wildman–Crippen LogP) is 3.38. The van der Waals surface area contributed by atoms with Crippen molar-refractivity contribution in [1.82, 2.24) is 10.3 Å². The smallest absolute Gasteiger partial charge is 0.407 e. The average Bonchev–Trinajstić information content (AvgIpc) is 3.00. The van der Waals surface area contributed by atoms with E-state index < -0.39 is 23.6 Å². The van der Waals surface area contributed by atoms with Crippen LogP contribution in [0.3, 0.4) is 0 Å². The third-order valence-electron chi connectivity index (χ3n) is 4.77. The monoisotopic (exact) mass is 429 g/mol. The molecule has 1 aliphatic heterocycles. The third kappa shape index (κ3) is 4.05. The van der Waals surface area contributed by atoms with Crippen LogP contribution in [0.25, 0.3) is 10.9 Å². The highest BCUT2D eigenvalue weighted by Gasteiger charge is 2.49. The minimum Gasteiger partial charge on any atom is -0.407 e. The van der Waals surface area contributed by atoms with Gasteiger partial charge in [-0.2, -0.15) is 0 Å². The maximum absolute atomic E-state index is 13.4. The van der Waals surface area contributed by atoms with Gasteiger partial charge < -0.3 is 20.1 Å². The van der Waals surface area contributed by atoms with Crippen molar-refractivity contribution < 1.29 is 23.8 Å². The van der Waals surface area contributed by atoms with Gasteiger partial charge in [-0.15, -0.1) is 0 Å². The molecule has 3 aromatic rings. The second kappa shape index (κ2) is 7.89. The third-order valence-corrected chi connectivity index (χ3v) is 4.99. The highest BCUT2D eigenvalue weighted by atomic mass is 35.5. The molecule has 0 unspecified atom stereocenters. The van der Waals surface area contributed by atoms with Crippen LogP contribution in [0, 0.1) is 5.82 Å². The Morgan fingerprint density at radius 2 is 2.13 bits per heavy atom.